The Morgan fingerprint density at radius 2 is 2.00 bits per heavy atom. The Morgan fingerprint density at radius 1 is 1.16 bits per heavy atom. The molecule has 0 saturated carbocycles. The zero-order valence-electron chi connectivity index (χ0n) is 13.3. The predicted molar refractivity (Wildman–Crippen MR) is 97.7 cm³/mol. The summed E-state index contributed by atoms with van der Waals surface area (Å²) < 4.78 is 7.92. The number of amides is 1. The topological polar surface area (TPSA) is 69.0 Å². The number of hydrogen-bond acceptors (Lipinski definition) is 5. The third-order valence-corrected chi connectivity index (χ3v) is 4.62. The normalized spacial score (nSPS) is 10.8. The number of nitrogens with zero attached hydrogens (tertiary/aromatic N) is 3. The molecule has 2 heterocycles. The fraction of sp³-hybridized carbons (Fsp3) is 0.0556. The number of carbonyl (C=O) groups is 1. The molecule has 0 spiro atoms. The Morgan fingerprint density at radius 3 is 2.80 bits per heavy atom. The maximum atomic E-state index is 12.5. The summed E-state index contributed by atoms with van der Waals surface area (Å²) in [6.07, 6.45) is 3.23. The number of thiazole rings is 1. The Kier molecular flexibility index (Phi) is 3.91. The number of nitrogens with one attached hydrogen (secondary N) is 1. The van der Waals surface area contributed by atoms with Crippen molar-refractivity contribution >= 4 is 32.6 Å². The SMILES string of the molecule is COc1cccc2sc(NC(=O)c3cnn(-c4ccccc4)c3)nc12. The van der Waals surface area contributed by atoms with Crippen molar-refractivity contribution in [2.45, 2.75) is 0 Å². The molecule has 25 heavy (non-hydrogen) atoms. The molecule has 0 radical (unpaired) electrons. The molecule has 124 valence electrons. The van der Waals surface area contributed by atoms with E-state index in [0.717, 1.165) is 15.9 Å². The highest BCUT2D eigenvalue weighted by Crippen LogP contribution is 2.32. The van der Waals surface area contributed by atoms with Gasteiger partial charge in [0.25, 0.3) is 5.91 Å². The lowest BCUT2D eigenvalue weighted by Crippen LogP contribution is -2.10. The average molecular weight is 350 g/mol. The fourth-order valence-electron chi connectivity index (χ4n) is 2.47. The highest BCUT2D eigenvalue weighted by atomic mass is 32.1. The predicted octanol–water partition coefficient (Wildman–Crippen LogP) is 3.74. The van der Waals surface area contributed by atoms with Gasteiger partial charge in [0.1, 0.15) is 11.3 Å². The molecule has 7 heteroatoms. The molecule has 0 saturated heterocycles. The van der Waals surface area contributed by atoms with Gasteiger partial charge in [0.05, 0.1) is 29.3 Å². The van der Waals surface area contributed by atoms with Gasteiger partial charge in [-0.05, 0) is 24.3 Å². The Balaban J connectivity index is 1.57. The molecular formula is C18H14N4O2S. The van der Waals surface area contributed by atoms with Gasteiger partial charge in [0.15, 0.2) is 5.13 Å². The van der Waals surface area contributed by atoms with Crippen LogP contribution in [0.4, 0.5) is 5.13 Å². The number of carbonyl (C=O) groups excluding carboxylic acids is 1. The lowest BCUT2D eigenvalue weighted by molar-refractivity contribution is 0.102. The molecule has 2 aromatic heterocycles. The first-order valence-corrected chi connectivity index (χ1v) is 8.41. The second-order valence-electron chi connectivity index (χ2n) is 5.29. The molecule has 4 aromatic rings. The van der Waals surface area contributed by atoms with Crippen molar-refractivity contribution in [3.8, 4) is 11.4 Å². The summed E-state index contributed by atoms with van der Waals surface area (Å²) >= 11 is 1.40. The zero-order valence-corrected chi connectivity index (χ0v) is 14.2. The molecule has 0 fully saturated rings. The van der Waals surface area contributed by atoms with E-state index in [4.69, 9.17) is 4.74 Å². The summed E-state index contributed by atoms with van der Waals surface area (Å²) in [4.78, 5) is 16.9. The molecule has 1 N–H and O–H groups in total. The molecule has 4 rings (SSSR count). The smallest absolute Gasteiger partial charge is 0.260 e. The highest BCUT2D eigenvalue weighted by Gasteiger charge is 2.14. The first-order valence-electron chi connectivity index (χ1n) is 7.59. The van der Waals surface area contributed by atoms with E-state index in [0.29, 0.717) is 16.4 Å². The van der Waals surface area contributed by atoms with Crippen LogP contribution in [0.2, 0.25) is 0 Å². The van der Waals surface area contributed by atoms with Crippen LogP contribution in [0.15, 0.2) is 60.9 Å². The van der Waals surface area contributed by atoms with E-state index in [-0.39, 0.29) is 5.91 Å². The van der Waals surface area contributed by atoms with E-state index in [1.165, 1.54) is 17.5 Å². The number of fused-ring (bicyclic) bond motifs is 1. The molecule has 1 amide bonds. The fourth-order valence-corrected chi connectivity index (χ4v) is 3.35. The van der Waals surface area contributed by atoms with Crippen molar-refractivity contribution in [3.05, 3.63) is 66.5 Å². The van der Waals surface area contributed by atoms with E-state index in [9.17, 15) is 4.79 Å². The van der Waals surface area contributed by atoms with Crippen LogP contribution >= 0.6 is 11.3 Å². The van der Waals surface area contributed by atoms with Crippen LogP contribution in [0, 0.1) is 0 Å². The van der Waals surface area contributed by atoms with Gasteiger partial charge in [-0.15, -0.1) is 0 Å². The lowest BCUT2D eigenvalue weighted by atomic mass is 10.3. The molecule has 6 nitrogen and oxygen atoms in total. The van der Waals surface area contributed by atoms with E-state index in [1.54, 1.807) is 18.0 Å². The van der Waals surface area contributed by atoms with Gasteiger partial charge in [0.2, 0.25) is 0 Å². The van der Waals surface area contributed by atoms with Crippen molar-refractivity contribution in [1.29, 1.82) is 0 Å². The maximum Gasteiger partial charge on any atom is 0.260 e. The monoisotopic (exact) mass is 350 g/mol. The van der Waals surface area contributed by atoms with E-state index >= 15 is 0 Å². The third-order valence-electron chi connectivity index (χ3n) is 3.69. The number of anilines is 1. The Hall–Kier alpha value is -3.19. The van der Waals surface area contributed by atoms with Crippen molar-refractivity contribution in [3.63, 3.8) is 0 Å². The molecule has 0 aliphatic carbocycles. The summed E-state index contributed by atoms with van der Waals surface area (Å²) in [5.41, 5.74) is 2.10. The minimum absolute atomic E-state index is 0.250. The van der Waals surface area contributed by atoms with Crippen LogP contribution < -0.4 is 10.1 Å². The number of hydrogen-bond donors (Lipinski definition) is 1. The third kappa shape index (κ3) is 2.97. The summed E-state index contributed by atoms with van der Waals surface area (Å²) in [6, 6.07) is 15.3. The van der Waals surface area contributed by atoms with Crippen LogP contribution in [0.1, 0.15) is 10.4 Å². The number of aromatic nitrogens is 3. The lowest BCUT2D eigenvalue weighted by Gasteiger charge is -2.00. The van der Waals surface area contributed by atoms with Gasteiger partial charge >= 0.3 is 0 Å². The van der Waals surface area contributed by atoms with E-state index in [1.807, 2.05) is 48.5 Å². The first kappa shape index (κ1) is 15.3. The number of methoxy groups -OCH3 is 1. The van der Waals surface area contributed by atoms with Crippen molar-refractivity contribution in [2.75, 3.05) is 12.4 Å². The van der Waals surface area contributed by atoms with Gasteiger partial charge in [-0.2, -0.15) is 5.10 Å². The number of benzene rings is 2. The van der Waals surface area contributed by atoms with Crippen molar-refractivity contribution in [1.82, 2.24) is 14.8 Å². The largest absolute Gasteiger partial charge is 0.494 e. The molecular weight excluding hydrogens is 336 g/mol. The van der Waals surface area contributed by atoms with Crippen LogP contribution in [-0.2, 0) is 0 Å². The van der Waals surface area contributed by atoms with Gasteiger partial charge in [0, 0.05) is 6.20 Å². The summed E-state index contributed by atoms with van der Waals surface area (Å²) in [5, 5.41) is 7.59. The highest BCUT2D eigenvalue weighted by molar-refractivity contribution is 7.22. The summed E-state index contributed by atoms with van der Waals surface area (Å²) in [6.45, 7) is 0. The Bertz CT molecular complexity index is 1040. The standard InChI is InChI=1S/C18H14N4O2S/c1-24-14-8-5-9-15-16(14)20-18(25-15)21-17(23)12-10-19-22(11-12)13-6-3-2-4-7-13/h2-11H,1H3,(H,20,21,23). The first-order chi connectivity index (χ1) is 12.2. The molecule has 0 unspecified atom stereocenters. The van der Waals surface area contributed by atoms with E-state index < -0.39 is 0 Å². The second-order valence-corrected chi connectivity index (χ2v) is 6.32. The maximum absolute atomic E-state index is 12.5. The average Bonchev–Trinajstić information content (AvgIpc) is 3.29. The molecule has 0 bridgehead atoms. The Labute approximate surface area is 147 Å². The van der Waals surface area contributed by atoms with Crippen LogP contribution in [0.5, 0.6) is 5.75 Å². The van der Waals surface area contributed by atoms with E-state index in [2.05, 4.69) is 15.4 Å². The molecule has 0 aliphatic rings. The van der Waals surface area contributed by atoms with Crippen LogP contribution in [0.25, 0.3) is 15.9 Å². The quantitative estimate of drug-likeness (QED) is 0.609. The van der Waals surface area contributed by atoms with Crippen molar-refractivity contribution < 1.29 is 9.53 Å². The van der Waals surface area contributed by atoms with Gasteiger partial charge in [-0.1, -0.05) is 35.6 Å². The molecule has 0 aliphatic heterocycles. The van der Waals surface area contributed by atoms with Gasteiger partial charge in [-0.3, -0.25) is 10.1 Å². The van der Waals surface area contributed by atoms with Gasteiger partial charge < -0.3 is 4.74 Å². The second kappa shape index (κ2) is 6.37. The number of rotatable bonds is 4. The zero-order chi connectivity index (χ0) is 17.2. The molecule has 2 aromatic carbocycles. The number of ether oxygens (including phenoxy) is 1. The molecule has 0 atom stereocenters. The van der Waals surface area contributed by atoms with Crippen molar-refractivity contribution in [2.24, 2.45) is 0 Å². The van der Waals surface area contributed by atoms with Crippen LogP contribution in [0.3, 0.4) is 0 Å². The summed E-state index contributed by atoms with van der Waals surface area (Å²) in [7, 11) is 1.60. The number of para-hydroxylation sites is 2. The minimum Gasteiger partial charge on any atom is -0.494 e. The summed E-state index contributed by atoms with van der Waals surface area (Å²) in [5.74, 6) is 0.436. The minimum atomic E-state index is -0.250. The van der Waals surface area contributed by atoms with Gasteiger partial charge in [-0.25, -0.2) is 9.67 Å². The van der Waals surface area contributed by atoms with Crippen LogP contribution in [-0.4, -0.2) is 27.8 Å².